The first-order chi connectivity index (χ1) is 8.49. The molecule has 0 fully saturated rings. The number of furan rings is 1. The van der Waals surface area contributed by atoms with Gasteiger partial charge in [0.2, 0.25) is 0 Å². The van der Waals surface area contributed by atoms with Gasteiger partial charge in [-0.3, -0.25) is 0 Å². The molecule has 96 valence electrons. The summed E-state index contributed by atoms with van der Waals surface area (Å²) in [5.74, 6) is -0.807. The molecule has 0 aliphatic heterocycles. The Hall–Kier alpha value is -1.68. The molecule has 4 nitrogen and oxygen atoms in total. The third-order valence-electron chi connectivity index (χ3n) is 2.36. The van der Waals surface area contributed by atoms with Crippen LogP contribution in [0.15, 0.2) is 22.6 Å². The van der Waals surface area contributed by atoms with Crippen LogP contribution in [0, 0.1) is 5.92 Å². The van der Waals surface area contributed by atoms with Gasteiger partial charge in [0.15, 0.2) is 5.75 Å². The van der Waals surface area contributed by atoms with Crippen LogP contribution in [0.25, 0.3) is 11.0 Å². The van der Waals surface area contributed by atoms with E-state index in [1.807, 2.05) is 13.8 Å². The molecule has 0 aliphatic carbocycles. The van der Waals surface area contributed by atoms with Gasteiger partial charge in [-0.25, -0.2) is 4.79 Å². The Balaban J connectivity index is 2.53. The maximum atomic E-state index is 11.1. The zero-order valence-corrected chi connectivity index (χ0v) is 10.8. The van der Waals surface area contributed by atoms with Crippen molar-refractivity contribution in [2.24, 2.45) is 5.92 Å². The molecule has 0 atom stereocenters. The number of carbonyl (C=O) groups is 1. The Morgan fingerprint density at radius 3 is 2.83 bits per heavy atom. The Kier molecular flexibility index (Phi) is 3.48. The lowest BCUT2D eigenvalue weighted by atomic mass is 10.2. The molecule has 1 aromatic carbocycles. The van der Waals surface area contributed by atoms with Gasteiger partial charge in [-0.15, -0.1) is 0 Å². The topological polar surface area (TPSA) is 59.7 Å². The monoisotopic (exact) mass is 268 g/mol. The normalized spacial score (nSPS) is 11.1. The van der Waals surface area contributed by atoms with Crippen molar-refractivity contribution in [1.82, 2.24) is 0 Å². The number of hydrogen-bond acceptors (Lipinski definition) is 3. The fourth-order valence-corrected chi connectivity index (χ4v) is 1.75. The highest BCUT2D eigenvalue weighted by Crippen LogP contribution is 2.35. The highest BCUT2D eigenvalue weighted by atomic mass is 35.5. The van der Waals surface area contributed by atoms with Crippen LogP contribution in [-0.2, 0) is 0 Å². The minimum Gasteiger partial charge on any atom is -0.488 e. The number of fused-ring (bicyclic) bond motifs is 1. The van der Waals surface area contributed by atoms with E-state index in [-0.39, 0.29) is 17.4 Å². The molecule has 1 N–H and O–H groups in total. The van der Waals surface area contributed by atoms with Crippen LogP contribution in [0.3, 0.4) is 0 Å². The molecule has 2 aromatic rings. The molecule has 2 rings (SSSR count). The highest BCUT2D eigenvalue weighted by Gasteiger charge is 2.22. The van der Waals surface area contributed by atoms with Crippen LogP contribution >= 0.6 is 11.6 Å². The van der Waals surface area contributed by atoms with Gasteiger partial charge < -0.3 is 14.3 Å². The maximum Gasteiger partial charge on any atom is 0.375 e. The third kappa shape index (κ3) is 2.43. The Labute approximate surface area is 109 Å². The predicted molar refractivity (Wildman–Crippen MR) is 68.5 cm³/mol. The number of rotatable bonds is 4. The Morgan fingerprint density at radius 2 is 2.22 bits per heavy atom. The first-order valence-electron chi connectivity index (χ1n) is 5.57. The fraction of sp³-hybridized carbons (Fsp3) is 0.308. The fourth-order valence-electron chi connectivity index (χ4n) is 1.58. The number of ether oxygens (including phenoxy) is 1. The van der Waals surface area contributed by atoms with Gasteiger partial charge in [0.1, 0.15) is 5.58 Å². The van der Waals surface area contributed by atoms with Crippen molar-refractivity contribution in [3.8, 4) is 5.75 Å². The van der Waals surface area contributed by atoms with E-state index in [1.54, 1.807) is 18.2 Å². The van der Waals surface area contributed by atoms with Gasteiger partial charge in [0.05, 0.1) is 12.0 Å². The molecule has 0 spiro atoms. The van der Waals surface area contributed by atoms with E-state index in [1.165, 1.54) is 0 Å². The Bertz CT molecular complexity index is 586. The molecule has 18 heavy (non-hydrogen) atoms. The van der Waals surface area contributed by atoms with Crippen molar-refractivity contribution in [2.45, 2.75) is 13.8 Å². The average molecular weight is 269 g/mol. The second kappa shape index (κ2) is 4.90. The molecule has 1 heterocycles. The van der Waals surface area contributed by atoms with Gasteiger partial charge >= 0.3 is 5.97 Å². The number of carboxylic acid groups (broad SMARTS) is 1. The lowest BCUT2D eigenvalue weighted by molar-refractivity contribution is 0.0657. The summed E-state index contributed by atoms with van der Waals surface area (Å²) in [6.45, 7) is 4.38. The minimum absolute atomic E-state index is 0.187. The largest absolute Gasteiger partial charge is 0.488 e. The van der Waals surface area contributed by atoms with Crippen LogP contribution in [0.2, 0.25) is 5.02 Å². The summed E-state index contributed by atoms with van der Waals surface area (Å²) in [7, 11) is 0. The molecular formula is C13H13ClO4. The highest BCUT2D eigenvalue weighted by molar-refractivity contribution is 6.31. The van der Waals surface area contributed by atoms with Crippen molar-refractivity contribution >= 4 is 28.5 Å². The molecule has 0 aliphatic rings. The standard InChI is InChI=1S/C13H13ClO4/c1-7(2)6-17-11-9-5-8(14)3-4-10(9)18-12(11)13(15)16/h3-5,7H,6H2,1-2H3,(H,15,16). The summed E-state index contributed by atoms with van der Waals surface area (Å²) in [4.78, 5) is 11.1. The number of carboxylic acids is 1. The number of hydrogen-bond donors (Lipinski definition) is 1. The van der Waals surface area contributed by atoms with E-state index in [0.29, 0.717) is 22.6 Å². The summed E-state index contributed by atoms with van der Waals surface area (Å²) in [5.41, 5.74) is 0.454. The minimum atomic E-state index is -1.15. The summed E-state index contributed by atoms with van der Waals surface area (Å²) < 4.78 is 10.8. The van der Waals surface area contributed by atoms with Crippen molar-refractivity contribution in [3.05, 3.63) is 29.0 Å². The summed E-state index contributed by atoms with van der Waals surface area (Å²) in [6.07, 6.45) is 0. The van der Waals surface area contributed by atoms with Crippen molar-refractivity contribution in [1.29, 1.82) is 0 Å². The summed E-state index contributed by atoms with van der Waals surface area (Å²) in [5, 5.41) is 10.2. The number of aromatic carboxylic acids is 1. The van der Waals surface area contributed by atoms with E-state index in [2.05, 4.69) is 0 Å². The Morgan fingerprint density at radius 1 is 1.50 bits per heavy atom. The first-order valence-corrected chi connectivity index (χ1v) is 5.95. The average Bonchev–Trinajstić information content (AvgIpc) is 2.64. The third-order valence-corrected chi connectivity index (χ3v) is 2.59. The molecule has 0 unspecified atom stereocenters. The van der Waals surface area contributed by atoms with Gasteiger partial charge in [0, 0.05) is 5.02 Å². The maximum absolute atomic E-state index is 11.1. The van der Waals surface area contributed by atoms with Crippen LogP contribution in [0.4, 0.5) is 0 Å². The van der Waals surface area contributed by atoms with E-state index < -0.39 is 5.97 Å². The van der Waals surface area contributed by atoms with Crippen LogP contribution in [-0.4, -0.2) is 17.7 Å². The zero-order chi connectivity index (χ0) is 13.3. The van der Waals surface area contributed by atoms with Gasteiger partial charge in [-0.05, 0) is 24.1 Å². The molecule has 0 bridgehead atoms. The van der Waals surface area contributed by atoms with E-state index in [9.17, 15) is 4.79 Å². The second-order valence-corrected chi connectivity index (χ2v) is 4.85. The lowest BCUT2D eigenvalue weighted by Crippen LogP contribution is -2.07. The molecule has 0 radical (unpaired) electrons. The molecule has 0 saturated carbocycles. The van der Waals surface area contributed by atoms with E-state index in [0.717, 1.165) is 0 Å². The van der Waals surface area contributed by atoms with E-state index >= 15 is 0 Å². The number of halogens is 1. The molecular weight excluding hydrogens is 256 g/mol. The smallest absolute Gasteiger partial charge is 0.375 e. The van der Waals surface area contributed by atoms with Gasteiger partial charge in [-0.1, -0.05) is 25.4 Å². The molecule has 0 saturated heterocycles. The van der Waals surface area contributed by atoms with Gasteiger partial charge in [-0.2, -0.15) is 0 Å². The molecule has 5 heteroatoms. The quantitative estimate of drug-likeness (QED) is 0.916. The van der Waals surface area contributed by atoms with Crippen LogP contribution in [0.1, 0.15) is 24.4 Å². The molecule has 1 aromatic heterocycles. The van der Waals surface area contributed by atoms with Crippen molar-refractivity contribution in [3.63, 3.8) is 0 Å². The second-order valence-electron chi connectivity index (χ2n) is 4.41. The van der Waals surface area contributed by atoms with Gasteiger partial charge in [0.25, 0.3) is 5.76 Å². The first kappa shape index (κ1) is 12.8. The van der Waals surface area contributed by atoms with Crippen molar-refractivity contribution < 1.29 is 19.1 Å². The number of benzene rings is 1. The predicted octanol–water partition coefficient (Wildman–Crippen LogP) is 3.82. The summed E-state index contributed by atoms with van der Waals surface area (Å²) >= 11 is 5.90. The van der Waals surface area contributed by atoms with E-state index in [4.69, 9.17) is 25.9 Å². The summed E-state index contributed by atoms with van der Waals surface area (Å²) in [6, 6.07) is 4.92. The van der Waals surface area contributed by atoms with Crippen LogP contribution < -0.4 is 4.74 Å². The van der Waals surface area contributed by atoms with Crippen molar-refractivity contribution in [2.75, 3.05) is 6.61 Å². The molecule has 0 amide bonds. The van der Waals surface area contributed by atoms with Crippen LogP contribution in [0.5, 0.6) is 5.75 Å². The lowest BCUT2D eigenvalue weighted by Gasteiger charge is -2.07. The SMILES string of the molecule is CC(C)COc1c(C(=O)O)oc2ccc(Cl)cc12. The zero-order valence-electron chi connectivity index (χ0n) is 10.1.